The van der Waals surface area contributed by atoms with E-state index in [1.165, 1.54) is 5.56 Å². The van der Waals surface area contributed by atoms with E-state index < -0.39 is 0 Å². The largest absolute Gasteiger partial charge is 0.488 e. The van der Waals surface area contributed by atoms with E-state index in [1.54, 1.807) is 0 Å². The Morgan fingerprint density at radius 2 is 2.21 bits per heavy atom. The molecule has 2 rings (SSSR count). The lowest BCUT2D eigenvalue weighted by Gasteiger charge is -2.30. The summed E-state index contributed by atoms with van der Waals surface area (Å²) in [7, 11) is 2.14. The van der Waals surface area contributed by atoms with E-state index in [2.05, 4.69) is 47.8 Å². The SMILES string of the molecule is CN(CC1Cc2cc(Br)ccc2O1)CC(C)(C)CN. The third kappa shape index (κ3) is 3.94. The second kappa shape index (κ2) is 5.81. The molecule has 1 aliphatic heterocycles. The molecule has 1 heterocycles. The number of fused-ring (bicyclic) bond motifs is 1. The third-order valence-corrected chi connectivity index (χ3v) is 4.02. The van der Waals surface area contributed by atoms with Crippen LogP contribution in [0.2, 0.25) is 0 Å². The zero-order valence-electron chi connectivity index (χ0n) is 11.9. The second-order valence-corrected chi connectivity index (χ2v) is 7.18. The molecule has 0 amide bonds. The normalized spacial score (nSPS) is 18.5. The van der Waals surface area contributed by atoms with Crippen LogP contribution in [0.25, 0.3) is 0 Å². The summed E-state index contributed by atoms with van der Waals surface area (Å²) < 4.78 is 7.11. The van der Waals surface area contributed by atoms with Gasteiger partial charge in [-0.3, -0.25) is 0 Å². The summed E-state index contributed by atoms with van der Waals surface area (Å²) in [5, 5.41) is 0. The van der Waals surface area contributed by atoms with Crippen LogP contribution in [0.1, 0.15) is 19.4 Å². The van der Waals surface area contributed by atoms with Gasteiger partial charge in [-0.2, -0.15) is 0 Å². The molecule has 0 aromatic heterocycles. The Kier molecular flexibility index (Phi) is 4.54. The molecule has 0 aliphatic carbocycles. The number of nitrogens with two attached hydrogens (primary N) is 1. The molecule has 1 atom stereocenters. The topological polar surface area (TPSA) is 38.5 Å². The molecule has 1 unspecified atom stereocenters. The monoisotopic (exact) mass is 326 g/mol. The van der Waals surface area contributed by atoms with Gasteiger partial charge in [0.2, 0.25) is 0 Å². The first-order valence-corrected chi connectivity index (χ1v) is 7.52. The molecule has 1 aromatic rings. The van der Waals surface area contributed by atoms with Crippen LogP contribution in [-0.4, -0.2) is 37.7 Å². The fraction of sp³-hybridized carbons (Fsp3) is 0.600. The van der Waals surface area contributed by atoms with E-state index in [0.717, 1.165) is 29.7 Å². The van der Waals surface area contributed by atoms with Crippen molar-refractivity contribution in [2.75, 3.05) is 26.7 Å². The highest BCUT2D eigenvalue weighted by atomic mass is 79.9. The van der Waals surface area contributed by atoms with Crippen LogP contribution < -0.4 is 10.5 Å². The van der Waals surface area contributed by atoms with Crippen molar-refractivity contribution < 1.29 is 4.74 Å². The minimum atomic E-state index is 0.156. The summed E-state index contributed by atoms with van der Waals surface area (Å²) in [4.78, 5) is 2.32. The quantitative estimate of drug-likeness (QED) is 0.904. The van der Waals surface area contributed by atoms with Crippen LogP contribution in [0.5, 0.6) is 5.75 Å². The average Bonchev–Trinajstić information content (AvgIpc) is 2.69. The van der Waals surface area contributed by atoms with Gasteiger partial charge < -0.3 is 15.4 Å². The van der Waals surface area contributed by atoms with Crippen molar-refractivity contribution in [1.29, 1.82) is 0 Å². The number of benzene rings is 1. The first kappa shape index (κ1) is 14.8. The van der Waals surface area contributed by atoms with Gasteiger partial charge >= 0.3 is 0 Å². The smallest absolute Gasteiger partial charge is 0.123 e. The Morgan fingerprint density at radius 1 is 1.47 bits per heavy atom. The minimum absolute atomic E-state index is 0.156. The van der Waals surface area contributed by atoms with Gasteiger partial charge in [-0.05, 0) is 42.8 Å². The number of ether oxygens (including phenoxy) is 1. The fourth-order valence-electron chi connectivity index (χ4n) is 2.60. The van der Waals surface area contributed by atoms with Gasteiger partial charge in [0.1, 0.15) is 11.9 Å². The molecule has 0 saturated carbocycles. The highest BCUT2D eigenvalue weighted by molar-refractivity contribution is 9.10. The molecule has 2 N–H and O–H groups in total. The molecule has 3 nitrogen and oxygen atoms in total. The highest BCUT2D eigenvalue weighted by Crippen LogP contribution is 2.31. The number of hydrogen-bond acceptors (Lipinski definition) is 3. The van der Waals surface area contributed by atoms with E-state index in [9.17, 15) is 0 Å². The zero-order chi connectivity index (χ0) is 14.0. The molecule has 0 radical (unpaired) electrons. The molecule has 0 spiro atoms. The van der Waals surface area contributed by atoms with Crippen LogP contribution in [0.4, 0.5) is 0 Å². The van der Waals surface area contributed by atoms with E-state index in [-0.39, 0.29) is 11.5 Å². The lowest BCUT2D eigenvalue weighted by molar-refractivity contribution is 0.138. The van der Waals surface area contributed by atoms with Crippen molar-refractivity contribution in [1.82, 2.24) is 4.90 Å². The van der Waals surface area contributed by atoms with E-state index in [4.69, 9.17) is 10.5 Å². The molecule has 19 heavy (non-hydrogen) atoms. The van der Waals surface area contributed by atoms with Crippen molar-refractivity contribution in [2.45, 2.75) is 26.4 Å². The van der Waals surface area contributed by atoms with Crippen LogP contribution in [0.15, 0.2) is 22.7 Å². The van der Waals surface area contributed by atoms with Gasteiger partial charge in [0.25, 0.3) is 0 Å². The molecule has 0 fully saturated rings. The Morgan fingerprint density at radius 3 is 2.89 bits per heavy atom. The van der Waals surface area contributed by atoms with Gasteiger partial charge in [-0.1, -0.05) is 29.8 Å². The molecule has 0 saturated heterocycles. The van der Waals surface area contributed by atoms with Crippen molar-refractivity contribution in [3.05, 3.63) is 28.2 Å². The molecule has 106 valence electrons. The maximum atomic E-state index is 5.99. The van der Waals surface area contributed by atoms with E-state index in [1.807, 2.05) is 12.1 Å². The number of nitrogens with zero attached hydrogens (tertiary/aromatic N) is 1. The number of likely N-dealkylation sites (N-methyl/N-ethyl adjacent to an activating group) is 1. The van der Waals surface area contributed by atoms with Gasteiger partial charge in [0.05, 0.1) is 0 Å². The summed E-state index contributed by atoms with van der Waals surface area (Å²) in [6.07, 6.45) is 1.24. The van der Waals surface area contributed by atoms with Gasteiger partial charge in [0, 0.05) is 24.0 Å². The van der Waals surface area contributed by atoms with E-state index >= 15 is 0 Å². The predicted octanol–water partition coefficient (Wildman–Crippen LogP) is 2.67. The first-order valence-electron chi connectivity index (χ1n) is 6.73. The third-order valence-electron chi connectivity index (χ3n) is 3.53. The van der Waals surface area contributed by atoms with Crippen LogP contribution >= 0.6 is 15.9 Å². The Labute approximate surface area is 124 Å². The van der Waals surface area contributed by atoms with Gasteiger partial charge in [0.15, 0.2) is 0 Å². The Hall–Kier alpha value is -0.580. The lowest BCUT2D eigenvalue weighted by atomic mass is 9.93. The standard InChI is InChI=1S/C15H23BrN2O/c1-15(2,9-17)10-18(3)8-13-7-11-6-12(16)4-5-14(11)19-13/h4-6,13H,7-10,17H2,1-3H3. The van der Waals surface area contributed by atoms with Crippen molar-refractivity contribution in [3.8, 4) is 5.75 Å². The average molecular weight is 327 g/mol. The van der Waals surface area contributed by atoms with Crippen LogP contribution in [0.3, 0.4) is 0 Å². The maximum Gasteiger partial charge on any atom is 0.123 e. The van der Waals surface area contributed by atoms with Gasteiger partial charge in [-0.25, -0.2) is 0 Å². The summed E-state index contributed by atoms with van der Waals surface area (Å²) in [6, 6.07) is 6.23. The molecule has 4 heteroatoms. The van der Waals surface area contributed by atoms with Crippen LogP contribution in [0, 0.1) is 5.41 Å². The Balaban J connectivity index is 1.90. The van der Waals surface area contributed by atoms with Crippen molar-refractivity contribution >= 4 is 15.9 Å². The molecule has 1 aromatic carbocycles. The summed E-state index contributed by atoms with van der Waals surface area (Å²) in [5.74, 6) is 1.03. The van der Waals surface area contributed by atoms with E-state index in [0.29, 0.717) is 6.54 Å². The fourth-order valence-corrected chi connectivity index (χ4v) is 3.01. The Bertz CT molecular complexity index is 448. The summed E-state index contributed by atoms with van der Waals surface area (Å²) >= 11 is 3.50. The predicted molar refractivity (Wildman–Crippen MR) is 82.6 cm³/mol. The number of hydrogen-bond donors (Lipinski definition) is 1. The molecular formula is C15H23BrN2O. The lowest BCUT2D eigenvalue weighted by Crippen LogP contribution is -2.41. The maximum absolute atomic E-state index is 5.99. The van der Waals surface area contributed by atoms with Gasteiger partial charge in [-0.15, -0.1) is 0 Å². The minimum Gasteiger partial charge on any atom is -0.488 e. The number of rotatable bonds is 5. The summed E-state index contributed by atoms with van der Waals surface area (Å²) in [5.41, 5.74) is 7.24. The van der Waals surface area contributed by atoms with Crippen molar-refractivity contribution in [3.63, 3.8) is 0 Å². The summed E-state index contributed by atoms with van der Waals surface area (Å²) in [6.45, 7) is 7.03. The van der Waals surface area contributed by atoms with Crippen molar-refractivity contribution in [2.24, 2.45) is 11.1 Å². The zero-order valence-corrected chi connectivity index (χ0v) is 13.5. The first-order chi connectivity index (χ1) is 8.89. The molecule has 1 aliphatic rings. The molecular weight excluding hydrogens is 304 g/mol. The van der Waals surface area contributed by atoms with Crippen LogP contribution in [-0.2, 0) is 6.42 Å². The number of halogens is 1. The molecule has 0 bridgehead atoms. The second-order valence-electron chi connectivity index (χ2n) is 6.26. The highest BCUT2D eigenvalue weighted by Gasteiger charge is 2.26.